The van der Waals surface area contributed by atoms with Gasteiger partial charge >= 0.3 is 0 Å². The topological polar surface area (TPSA) is 68.1 Å². The molecular formula is C15H24BrN3O2. The second-order valence-corrected chi connectivity index (χ2v) is 6.96. The number of hydrogen-bond acceptors (Lipinski definition) is 4. The molecule has 0 saturated carbocycles. The third-order valence-corrected chi connectivity index (χ3v) is 4.60. The van der Waals surface area contributed by atoms with E-state index in [1.165, 1.54) is 25.5 Å². The molecule has 0 aliphatic rings. The van der Waals surface area contributed by atoms with Gasteiger partial charge in [0.1, 0.15) is 12.0 Å². The van der Waals surface area contributed by atoms with Crippen molar-refractivity contribution in [1.82, 2.24) is 4.98 Å². The first-order valence-corrected chi connectivity index (χ1v) is 8.11. The molecule has 0 bridgehead atoms. The lowest BCUT2D eigenvalue weighted by molar-refractivity contribution is -0.385. The molecule has 1 aromatic heterocycles. The zero-order valence-electron chi connectivity index (χ0n) is 13.2. The van der Waals surface area contributed by atoms with Crippen molar-refractivity contribution in [2.24, 2.45) is 5.41 Å². The Balaban J connectivity index is 2.71. The second-order valence-electron chi connectivity index (χ2n) is 6.16. The van der Waals surface area contributed by atoms with E-state index in [1.807, 2.05) is 0 Å². The summed E-state index contributed by atoms with van der Waals surface area (Å²) in [5.41, 5.74) is 0.808. The predicted octanol–water partition coefficient (Wildman–Crippen LogP) is 5.08. The molecule has 0 fully saturated rings. The Hall–Kier alpha value is -1.17. The SMILES string of the molecule is CCCCCC(C)(C)CNc1ncc([N+](=O)[O-])c(C)c1Br. The molecule has 0 saturated heterocycles. The van der Waals surface area contributed by atoms with E-state index in [0.717, 1.165) is 13.0 Å². The number of nitrogens with zero attached hydrogens (tertiary/aromatic N) is 2. The zero-order chi connectivity index (χ0) is 16.0. The van der Waals surface area contributed by atoms with Gasteiger partial charge in [0.15, 0.2) is 0 Å². The molecular weight excluding hydrogens is 334 g/mol. The van der Waals surface area contributed by atoms with Crippen LogP contribution in [-0.2, 0) is 0 Å². The summed E-state index contributed by atoms with van der Waals surface area (Å²) >= 11 is 3.40. The van der Waals surface area contributed by atoms with Crippen molar-refractivity contribution < 1.29 is 4.92 Å². The largest absolute Gasteiger partial charge is 0.369 e. The predicted molar refractivity (Wildman–Crippen MR) is 89.7 cm³/mol. The van der Waals surface area contributed by atoms with Crippen LogP contribution in [0.3, 0.4) is 0 Å². The Morgan fingerprint density at radius 1 is 1.43 bits per heavy atom. The Bertz CT molecular complexity index is 504. The maximum absolute atomic E-state index is 10.9. The van der Waals surface area contributed by atoms with E-state index in [1.54, 1.807) is 6.92 Å². The molecule has 21 heavy (non-hydrogen) atoms. The third kappa shape index (κ3) is 5.26. The molecule has 6 heteroatoms. The lowest BCUT2D eigenvalue weighted by Gasteiger charge is -2.25. The van der Waals surface area contributed by atoms with Gasteiger partial charge in [-0.05, 0) is 34.7 Å². The lowest BCUT2D eigenvalue weighted by atomic mass is 9.87. The van der Waals surface area contributed by atoms with Gasteiger partial charge in [-0.25, -0.2) is 4.98 Å². The van der Waals surface area contributed by atoms with Gasteiger partial charge in [0.25, 0.3) is 5.69 Å². The first-order chi connectivity index (χ1) is 9.78. The highest BCUT2D eigenvalue weighted by Crippen LogP contribution is 2.32. The molecule has 0 atom stereocenters. The Labute approximate surface area is 134 Å². The molecule has 118 valence electrons. The van der Waals surface area contributed by atoms with E-state index < -0.39 is 4.92 Å². The van der Waals surface area contributed by atoms with Gasteiger partial charge in [-0.3, -0.25) is 10.1 Å². The van der Waals surface area contributed by atoms with Crippen LogP contribution in [0.2, 0.25) is 0 Å². The van der Waals surface area contributed by atoms with E-state index in [4.69, 9.17) is 0 Å². The van der Waals surface area contributed by atoms with Crippen LogP contribution in [-0.4, -0.2) is 16.5 Å². The highest BCUT2D eigenvalue weighted by Gasteiger charge is 2.20. The fourth-order valence-corrected chi connectivity index (χ4v) is 2.59. The van der Waals surface area contributed by atoms with Crippen molar-refractivity contribution in [3.8, 4) is 0 Å². The fraction of sp³-hybridized carbons (Fsp3) is 0.667. The first kappa shape index (κ1) is 17.9. The minimum Gasteiger partial charge on any atom is -0.369 e. The van der Waals surface area contributed by atoms with E-state index in [2.05, 4.69) is 47.0 Å². The van der Waals surface area contributed by atoms with Crippen molar-refractivity contribution >= 4 is 27.4 Å². The normalized spacial score (nSPS) is 11.5. The number of unbranched alkanes of at least 4 members (excludes halogenated alkanes) is 2. The number of halogens is 1. The van der Waals surface area contributed by atoms with Gasteiger partial charge in [0.2, 0.25) is 0 Å². The summed E-state index contributed by atoms with van der Waals surface area (Å²) in [7, 11) is 0. The number of aromatic nitrogens is 1. The molecule has 0 unspecified atom stereocenters. The molecule has 1 heterocycles. The van der Waals surface area contributed by atoms with Crippen LogP contribution in [0.25, 0.3) is 0 Å². The summed E-state index contributed by atoms with van der Waals surface area (Å²) in [5, 5.41) is 14.2. The molecule has 0 aromatic carbocycles. The van der Waals surface area contributed by atoms with Gasteiger partial charge < -0.3 is 5.32 Å². The molecule has 0 radical (unpaired) electrons. The Morgan fingerprint density at radius 3 is 2.67 bits per heavy atom. The highest BCUT2D eigenvalue weighted by atomic mass is 79.9. The van der Waals surface area contributed by atoms with Gasteiger partial charge in [-0.1, -0.05) is 40.0 Å². The van der Waals surface area contributed by atoms with E-state index in [-0.39, 0.29) is 11.1 Å². The van der Waals surface area contributed by atoms with Crippen LogP contribution in [0.4, 0.5) is 11.5 Å². The molecule has 0 aliphatic heterocycles. The van der Waals surface area contributed by atoms with Crippen molar-refractivity contribution in [2.75, 3.05) is 11.9 Å². The van der Waals surface area contributed by atoms with Crippen LogP contribution in [0.15, 0.2) is 10.7 Å². The molecule has 1 rings (SSSR count). The smallest absolute Gasteiger partial charge is 0.291 e. The van der Waals surface area contributed by atoms with Crippen molar-refractivity contribution in [3.63, 3.8) is 0 Å². The molecule has 0 aliphatic carbocycles. The van der Waals surface area contributed by atoms with Gasteiger partial charge in [-0.15, -0.1) is 0 Å². The summed E-state index contributed by atoms with van der Waals surface area (Å²) < 4.78 is 0.668. The average molecular weight is 358 g/mol. The number of rotatable bonds is 8. The van der Waals surface area contributed by atoms with Gasteiger partial charge in [0.05, 0.1) is 9.40 Å². The maximum Gasteiger partial charge on any atom is 0.291 e. The van der Waals surface area contributed by atoms with Gasteiger partial charge in [-0.2, -0.15) is 0 Å². The number of pyridine rings is 1. The summed E-state index contributed by atoms with van der Waals surface area (Å²) in [6.45, 7) is 9.16. The molecule has 1 N–H and O–H groups in total. The van der Waals surface area contributed by atoms with Crippen molar-refractivity contribution in [1.29, 1.82) is 0 Å². The number of nitro groups is 1. The van der Waals surface area contributed by atoms with Crippen LogP contribution < -0.4 is 5.32 Å². The molecule has 1 aromatic rings. The van der Waals surface area contributed by atoms with Crippen molar-refractivity contribution in [3.05, 3.63) is 26.3 Å². The van der Waals surface area contributed by atoms with Crippen LogP contribution >= 0.6 is 15.9 Å². The van der Waals surface area contributed by atoms with Crippen LogP contribution in [0.1, 0.15) is 52.0 Å². The summed E-state index contributed by atoms with van der Waals surface area (Å²) in [6, 6.07) is 0. The Morgan fingerprint density at radius 2 is 2.10 bits per heavy atom. The second kappa shape index (κ2) is 7.73. The van der Waals surface area contributed by atoms with E-state index in [9.17, 15) is 10.1 Å². The highest BCUT2D eigenvalue weighted by molar-refractivity contribution is 9.10. The summed E-state index contributed by atoms with van der Waals surface area (Å²) in [5.74, 6) is 0.668. The maximum atomic E-state index is 10.9. The molecule has 5 nitrogen and oxygen atoms in total. The Kier molecular flexibility index (Phi) is 6.58. The van der Waals surface area contributed by atoms with Crippen LogP contribution in [0.5, 0.6) is 0 Å². The van der Waals surface area contributed by atoms with Crippen molar-refractivity contribution in [2.45, 2.75) is 53.4 Å². The van der Waals surface area contributed by atoms with Crippen LogP contribution in [0, 0.1) is 22.5 Å². The summed E-state index contributed by atoms with van der Waals surface area (Å²) in [6.07, 6.45) is 6.16. The average Bonchev–Trinajstić information content (AvgIpc) is 2.40. The monoisotopic (exact) mass is 357 g/mol. The number of anilines is 1. The molecule has 0 spiro atoms. The lowest BCUT2D eigenvalue weighted by Crippen LogP contribution is -2.23. The van der Waals surface area contributed by atoms with Gasteiger partial charge in [0, 0.05) is 12.1 Å². The first-order valence-electron chi connectivity index (χ1n) is 7.32. The number of hydrogen-bond donors (Lipinski definition) is 1. The van der Waals surface area contributed by atoms with E-state index in [0.29, 0.717) is 15.9 Å². The molecule has 0 amide bonds. The quantitative estimate of drug-likeness (QED) is 0.400. The van der Waals surface area contributed by atoms with E-state index >= 15 is 0 Å². The third-order valence-electron chi connectivity index (χ3n) is 3.63. The zero-order valence-corrected chi connectivity index (χ0v) is 14.8. The standard InChI is InChI=1S/C15H24BrN3O2/c1-5-6-7-8-15(3,4)10-18-14-13(16)11(2)12(9-17-14)19(20)21/h9H,5-8,10H2,1-4H3,(H,17,18). The minimum absolute atomic E-state index is 0.0367. The minimum atomic E-state index is -0.411. The number of nitrogens with one attached hydrogen (secondary N) is 1. The summed E-state index contributed by atoms with van der Waals surface area (Å²) in [4.78, 5) is 14.6. The fourth-order valence-electron chi connectivity index (χ4n) is 2.14.